The van der Waals surface area contributed by atoms with Crippen LogP contribution in [0.3, 0.4) is 0 Å². The molecule has 156 valence electrons. The summed E-state index contributed by atoms with van der Waals surface area (Å²) in [4.78, 5) is 32.0. The first kappa shape index (κ1) is 20.9. The van der Waals surface area contributed by atoms with Gasteiger partial charge in [0.1, 0.15) is 10.8 Å². The van der Waals surface area contributed by atoms with Gasteiger partial charge in [-0.2, -0.15) is 0 Å². The smallest absolute Gasteiger partial charge is 0.317 e. The van der Waals surface area contributed by atoms with Crippen molar-refractivity contribution >= 4 is 66.6 Å². The molecular weight excluding hydrogens is 522 g/mol. The SMILES string of the molecule is O=C(O)CN1CCN(C(=O)c2c(Nc3ccc(I)cc3F)sc3ccncc23)CC1. The lowest BCUT2D eigenvalue weighted by Crippen LogP contribution is -2.49. The minimum atomic E-state index is -0.879. The minimum Gasteiger partial charge on any atom is -0.480 e. The van der Waals surface area contributed by atoms with Crippen LogP contribution in [-0.4, -0.2) is 64.5 Å². The Kier molecular flexibility index (Phi) is 6.16. The van der Waals surface area contributed by atoms with Crippen molar-refractivity contribution in [2.75, 3.05) is 38.0 Å². The third-order valence-corrected chi connectivity index (χ3v) is 6.66. The fourth-order valence-electron chi connectivity index (χ4n) is 3.41. The van der Waals surface area contributed by atoms with E-state index in [1.807, 2.05) is 28.7 Å². The molecule has 1 aromatic carbocycles. The van der Waals surface area contributed by atoms with Gasteiger partial charge in [-0.15, -0.1) is 11.3 Å². The highest BCUT2D eigenvalue weighted by molar-refractivity contribution is 14.1. The van der Waals surface area contributed by atoms with Crippen LogP contribution in [0.15, 0.2) is 36.7 Å². The number of nitrogens with zero attached hydrogens (tertiary/aromatic N) is 3. The molecule has 10 heteroatoms. The number of aromatic nitrogens is 1. The van der Waals surface area contributed by atoms with E-state index in [0.29, 0.717) is 47.8 Å². The van der Waals surface area contributed by atoms with Crippen molar-refractivity contribution in [3.63, 3.8) is 0 Å². The van der Waals surface area contributed by atoms with Crippen LogP contribution < -0.4 is 5.32 Å². The van der Waals surface area contributed by atoms with Crippen molar-refractivity contribution in [1.82, 2.24) is 14.8 Å². The van der Waals surface area contributed by atoms with Gasteiger partial charge < -0.3 is 15.3 Å². The summed E-state index contributed by atoms with van der Waals surface area (Å²) in [6.07, 6.45) is 3.31. The summed E-state index contributed by atoms with van der Waals surface area (Å²) >= 11 is 3.42. The molecule has 1 aliphatic rings. The van der Waals surface area contributed by atoms with Crippen molar-refractivity contribution in [2.24, 2.45) is 0 Å². The first-order chi connectivity index (χ1) is 14.4. The number of carboxylic acid groups (broad SMARTS) is 1. The topological polar surface area (TPSA) is 85.8 Å². The highest BCUT2D eigenvalue weighted by atomic mass is 127. The summed E-state index contributed by atoms with van der Waals surface area (Å²) in [5.74, 6) is -1.44. The first-order valence-electron chi connectivity index (χ1n) is 9.24. The first-order valence-corrected chi connectivity index (χ1v) is 11.1. The summed E-state index contributed by atoms with van der Waals surface area (Å²) in [5.41, 5.74) is 0.767. The van der Waals surface area contributed by atoms with Crippen LogP contribution in [0.1, 0.15) is 10.4 Å². The van der Waals surface area contributed by atoms with Gasteiger partial charge in [0.15, 0.2) is 0 Å². The molecule has 1 amide bonds. The minimum absolute atomic E-state index is 0.0355. The Morgan fingerprint density at radius 1 is 1.23 bits per heavy atom. The van der Waals surface area contributed by atoms with E-state index in [9.17, 15) is 14.0 Å². The number of pyridine rings is 1. The number of halogens is 2. The fourth-order valence-corrected chi connectivity index (χ4v) is 4.94. The van der Waals surface area contributed by atoms with Gasteiger partial charge in [-0.25, -0.2) is 4.39 Å². The van der Waals surface area contributed by atoms with E-state index >= 15 is 0 Å². The van der Waals surface area contributed by atoms with Crippen molar-refractivity contribution in [2.45, 2.75) is 0 Å². The maximum absolute atomic E-state index is 14.4. The van der Waals surface area contributed by atoms with Crippen molar-refractivity contribution < 1.29 is 19.1 Å². The van der Waals surface area contributed by atoms with Gasteiger partial charge in [0.25, 0.3) is 5.91 Å². The average Bonchev–Trinajstić information content (AvgIpc) is 3.07. The standard InChI is InChI=1S/C20H18FIN4O3S/c21-14-9-12(22)1-2-15(14)24-19-18(13-10-23-4-3-16(13)30-19)20(29)26-7-5-25(6-8-26)11-17(27)28/h1-4,9-10,24H,5-8,11H2,(H,27,28). The van der Waals surface area contributed by atoms with Gasteiger partial charge in [0, 0.05) is 52.2 Å². The molecule has 2 N–H and O–H groups in total. The van der Waals surface area contributed by atoms with E-state index in [2.05, 4.69) is 10.3 Å². The van der Waals surface area contributed by atoms with E-state index in [1.54, 1.807) is 34.3 Å². The Balaban J connectivity index is 1.63. The maximum Gasteiger partial charge on any atom is 0.317 e. The molecule has 0 radical (unpaired) electrons. The molecule has 2 aromatic heterocycles. The van der Waals surface area contributed by atoms with Crippen LogP contribution in [-0.2, 0) is 4.79 Å². The molecule has 1 aliphatic heterocycles. The lowest BCUT2D eigenvalue weighted by atomic mass is 10.1. The molecule has 0 aliphatic carbocycles. The van der Waals surface area contributed by atoms with Crippen LogP contribution in [0.25, 0.3) is 10.1 Å². The highest BCUT2D eigenvalue weighted by Gasteiger charge is 2.28. The van der Waals surface area contributed by atoms with Gasteiger partial charge in [0.05, 0.1) is 17.8 Å². The number of thiophene rings is 1. The number of hydrogen-bond donors (Lipinski definition) is 2. The molecule has 0 unspecified atom stereocenters. The molecule has 3 aromatic rings. The number of carbonyl (C=O) groups is 2. The number of anilines is 2. The molecule has 0 saturated carbocycles. The van der Waals surface area contributed by atoms with E-state index in [-0.39, 0.29) is 12.5 Å². The Morgan fingerprint density at radius 3 is 2.70 bits per heavy atom. The van der Waals surface area contributed by atoms with E-state index in [4.69, 9.17) is 5.11 Å². The number of amides is 1. The molecule has 30 heavy (non-hydrogen) atoms. The molecule has 0 atom stereocenters. The normalized spacial score (nSPS) is 14.8. The zero-order valence-corrected chi connectivity index (χ0v) is 18.7. The second-order valence-corrected chi connectivity index (χ2v) is 9.19. The van der Waals surface area contributed by atoms with Crippen LogP contribution in [0.5, 0.6) is 0 Å². The summed E-state index contributed by atoms with van der Waals surface area (Å²) in [5, 5.41) is 13.3. The van der Waals surface area contributed by atoms with E-state index in [1.165, 1.54) is 17.4 Å². The molecule has 4 rings (SSSR count). The Bertz CT molecular complexity index is 1110. The Morgan fingerprint density at radius 2 is 2.00 bits per heavy atom. The maximum atomic E-state index is 14.4. The second kappa shape index (κ2) is 8.82. The number of nitrogens with one attached hydrogen (secondary N) is 1. The van der Waals surface area contributed by atoms with Gasteiger partial charge >= 0.3 is 5.97 Å². The summed E-state index contributed by atoms with van der Waals surface area (Å²) in [6.45, 7) is 1.81. The van der Waals surface area contributed by atoms with Gasteiger partial charge in [0.2, 0.25) is 0 Å². The number of carbonyl (C=O) groups excluding carboxylic acids is 1. The van der Waals surface area contributed by atoms with E-state index < -0.39 is 11.8 Å². The monoisotopic (exact) mass is 540 g/mol. The van der Waals surface area contributed by atoms with Crippen LogP contribution >= 0.6 is 33.9 Å². The van der Waals surface area contributed by atoms with Crippen molar-refractivity contribution in [3.8, 4) is 0 Å². The van der Waals surface area contributed by atoms with Crippen LogP contribution in [0.2, 0.25) is 0 Å². The molecule has 1 fully saturated rings. The molecular formula is C20H18FIN4O3S. The van der Waals surface area contributed by atoms with Gasteiger partial charge in [-0.05, 0) is 46.9 Å². The lowest BCUT2D eigenvalue weighted by molar-refractivity contribution is -0.138. The highest BCUT2D eigenvalue weighted by Crippen LogP contribution is 2.38. The Hall–Kier alpha value is -2.31. The summed E-state index contributed by atoms with van der Waals surface area (Å²) < 4.78 is 16.1. The second-order valence-electron chi connectivity index (χ2n) is 6.89. The zero-order valence-electron chi connectivity index (χ0n) is 15.8. The fraction of sp³-hybridized carbons (Fsp3) is 0.250. The molecule has 1 saturated heterocycles. The number of rotatable bonds is 5. The third kappa shape index (κ3) is 4.40. The van der Waals surface area contributed by atoms with Gasteiger partial charge in [-0.1, -0.05) is 0 Å². The van der Waals surface area contributed by atoms with Crippen LogP contribution in [0, 0.1) is 9.39 Å². The number of piperazine rings is 1. The number of hydrogen-bond acceptors (Lipinski definition) is 6. The van der Waals surface area contributed by atoms with Crippen molar-refractivity contribution in [3.05, 3.63) is 51.6 Å². The number of benzene rings is 1. The van der Waals surface area contributed by atoms with Crippen LogP contribution in [0.4, 0.5) is 15.1 Å². The van der Waals surface area contributed by atoms with Gasteiger partial charge in [-0.3, -0.25) is 19.5 Å². The molecule has 3 heterocycles. The predicted octanol–water partition coefficient (Wildman–Crippen LogP) is 3.63. The quantitative estimate of drug-likeness (QED) is 0.481. The van der Waals surface area contributed by atoms with Crippen molar-refractivity contribution in [1.29, 1.82) is 0 Å². The third-order valence-electron chi connectivity index (χ3n) is 4.90. The molecule has 0 spiro atoms. The largest absolute Gasteiger partial charge is 0.480 e. The number of aliphatic carboxylic acids is 1. The van der Waals surface area contributed by atoms with E-state index in [0.717, 1.165) is 8.27 Å². The number of carboxylic acids is 1. The molecule has 0 bridgehead atoms. The summed E-state index contributed by atoms with van der Waals surface area (Å²) in [6, 6.07) is 6.71. The average molecular weight is 540 g/mol. The predicted molar refractivity (Wildman–Crippen MR) is 122 cm³/mol. The zero-order chi connectivity index (χ0) is 21.3. The lowest BCUT2D eigenvalue weighted by Gasteiger charge is -2.34. The summed E-state index contributed by atoms with van der Waals surface area (Å²) in [7, 11) is 0. The number of fused-ring (bicyclic) bond motifs is 1. The Labute approximate surface area is 189 Å². The molecule has 7 nitrogen and oxygen atoms in total.